The monoisotopic (exact) mass is 265 g/mol. The summed E-state index contributed by atoms with van der Waals surface area (Å²) >= 11 is 2.01. The third kappa shape index (κ3) is 2.62. The predicted octanol–water partition coefficient (Wildman–Crippen LogP) is 2.25. The first-order valence-electron chi connectivity index (χ1n) is 6.53. The quantitative estimate of drug-likeness (QED) is 0.888. The van der Waals surface area contributed by atoms with Crippen molar-refractivity contribution in [1.29, 1.82) is 0 Å². The van der Waals surface area contributed by atoms with Crippen LogP contribution in [0, 0.1) is 6.92 Å². The molecule has 0 aliphatic carbocycles. The van der Waals surface area contributed by atoms with Gasteiger partial charge in [-0.25, -0.2) is 9.97 Å². The molecule has 2 aliphatic rings. The third-order valence-corrected chi connectivity index (χ3v) is 4.90. The summed E-state index contributed by atoms with van der Waals surface area (Å²) in [5, 5.41) is 3.45. The van der Waals surface area contributed by atoms with Crippen molar-refractivity contribution in [1.82, 2.24) is 9.97 Å². The molecule has 0 aromatic carbocycles. The number of anilines is 1. The van der Waals surface area contributed by atoms with Crippen LogP contribution in [0.25, 0.3) is 0 Å². The van der Waals surface area contributed by atoms with Gasteiger partial charge in [-0.15, -0.1) is 0 Å². The van der Waals surface area contributed by atoms with Crippen LogP contribution in [0.15, 0.2) is 12.4 Å². The molecule has 2 saturated heterocycles. The number of nitrogens with zero attached hydrogens (tertiary/aromatic N) is 2. The number of thioether (sulfide) groups is 1. The topological polar surface area (TPSA) is 47.0 Å². The van der Waals surface area contributed by atoms with Crippen molar-refractivity contribution in [2.45, 2.75) is 37.8 Å². The fourth-order valence-corrected chi connectivity index (χ4v) is 4.04. The van der Waals surface area contributed by atoms with Crippen LogP contribution < -0.4 is 5.32 Å². The number of nitrogens with one attached hydrogen (secondary N) is 1. The number of aryl methyl sites for hydroxylation is 1. The van der Waals surface area contributed by atoms with Gasteiger partial charge in [-0.3, -0.25) is 0 Å². The van der Waals surface area contributed by atoms with Gasteiger partial charge in [0.25, 0.3) is 0 Å². The van der Waals surface area contributed by atoms with E-state index in [0.29, 0.717) is 6.04 Å². The van der Waals surface area contributed by atoms with E-state index in [4.69, 9.17) is 4.74 Å². The Kier molecular flexibility index (Phi) is 3.43. The molecular formula is C13H19N3OS. The van der Waals surface area contributed by atoms with Gasteiger partial charge in [0, 0.05) is 30.8 Å². The summed E-state index contributed by atoms with van der Waals surface area (Å²) < 4.78 is 6.01. The Bertz CT molecular complexity index is 403. The van der Waals surface area contributed by atoms with E-state index in [1.807, 2.05) is 31.1 Å². The number of hydrogen-bond donors (Lipinski definition) is 1. The van der Waals surface area contributed by atoms with Crippen molar-refractivity contribution < 1.29 is 4.74 Å². The van der Waals surface area contributed by atoms with Crippen LogP contribution in [0.5, 0.6) is 0 Å². The van der Waals surface area contributed by atoms with Gasteiger partial charge in [0.05, 0.1) is 5.60 Å². The number of rotatable bonds is 2. The molecule has 2 aliphatic heterocycles. The lowest BCUT2D eigenvalue weighted by molar-refractivity contribution is -0.0628. The van der Waals surface area contributed by atoms with Gasteiger partial charge >= 0.3 is 0 Å². The van der Waals surface area contributed by atoms with Crippen molar-refractivity contribution >= 4 is 17.7 Å². The van der Waals surface area contributed by atoms with Crippen LogP contribution in [-0.4, -0.2) is 39.7 Å². The Labute approximate surface area is 112 Å². The first-order chi connectivity index (χ1) is 8.76. The molecule has 1 N–H and O–H groups in total. The van der Waals surface area contributed by atoms with E-state index in [9.17, 15) is 0 Å². The fourth-order valence-electron chi connectivity index (χ4n) is 2.66. The van der Waals surface area contributed by atoms with E-state index < -0.39 is 0 Å². The molecule has 1 aromatic rings. The van der Waals surface area contributed by atoms with Crippen molar-refractivity contribution in [2.75, 3.05) is 23.4 Å². The first-order valence-corrected chi connectivity index (χ1v) is 7.68. The molecule has 1 spiro atoms. The normalized spacial score (nSPS) is 31.7. The van der Waals surface area contributed by atoms with Gasteiger partial charge in [0.2, 0.25) is 5.95 Å². The molecule has 2 fully saturated rings. The molecule has 1 aromatic heterocycles. The maximum atomic E-state index is 6.01. The minimum Gasteiger partial charge on any atom is -0.374 e. The lowest BCUT2D eigenvalue weighted by Crippen LogP contribution is -2.44. The van der Waals surface area contributed by atoms with E-state index in [1.54, 1.807) is 0 Å². The standard InChI is InChI=1S/C13H19N3OS/c1-10-7-14-12(15-8-10)16-11-2-4-17-13(6-11)3-5-18-9-13/h7-8,11H,2-6,9H2,1H3,(H,14,15,16). The molecule has 5 heteroatoms. The minimum absolute atomic E-state index is 0.116. The van der Waals surface area contributed by atoms with E-state index in [2.05, 4.69) is 15.3 Å². The summed E-state index contributed by atoms with van der Waals surface area (Å²) in [7, 11) is 0. The molecule has 18 heavy (non-hydrogen) atoms. The molecule has 0 amide bonds. The van der Waals surface area contributed by atoms with Gasteiger partial charge in [0.1, 0.15) is 0 Å². The van der Waals surface area contributed by atoms with Crippen LogP contribution in [0.2, 0.25) is 0 Å². The minimum atomic E-state index is 0.116. The first kappa shape index (κ1) is 12.2. The molecule has 0 radical (unpaired) electrons. The van der Waals surface area contributed by atoms with Gasteiger partial charge in [-0.2, -0.15) is 11.8 Å². The largest absolute Gasteiger partial charge is 0.374 e. The Morgan fingerprint density at radius 1 is 1.44 bits per heavy atom. The van der Waals surface area contributed by atoms with Crippen LogP contribution >= 0.6 is 11.8 Å². The van der Waals surface area contributed by atoms with Gasteiger partial charge in [-0.1, -0.05) is 0 Å². The average Bonchev–Trinajstić information content (AvgIpc) is 2.80. The second-order valence-electron chi connectivity index (χ2n) is 5.25. The van der Waals surface area contributed by atoms with E-state index >= 15 is 0 Å². The zero-order chi connectivity index (χ0) is 12.4. The van der Waals surface area contributed by atoms with Crippen LogP contribution in [0.1, 0.15) is 24.8 Å². The number of hydrogen-bond acceptors (Lipinski definition) is 5. The highest BCUT2D eigenvalue weighted by atomic mass is 32.2. The van der Waals surface area contributed by atoms with Crippen molar-refractivity contribution in [2.24, 2.45) is 0 Å². The number of ether oxygens (including phenoxy) is 1. The smallest absolute Gasteiger partial charge is 0.222 e. The summed E-state index contributed by atoms with van der Waals surface area (Å²) in [6.07, 6.45) is 7.02. The highest BCUT2D eigenvalue weighted by Gasteiger charge is 2.40. The molecule has 3 heterocycles. The highest BCUT2D eigenvalue weighted by Crippen LogP contribution is 2.38. The fraction of sp³-hybridized carbons (Fsp3) is 0.692. The maximum absolute atomic E-state index is 6.01. The Balaban J connectivity index is 1.64. The summed E-state index contributed by atoms with van der Waals surface area (Å²) in [4.78, 5) is 8.64. The Morgan fingerprint density at radius 3 is 3.00 bits per heavy atom. The van der Waals surface area contributed by atoms with E-state index in [-0.39, 0.29) is 5.60 Å². The maximum Gasteiger partial charge on any atom is 0.222 e. The van der Waals surface area contributed by atoms with Gasteiger partial charge in [-0.05, 0) is 37.5 Å². The second kappa shape index (κ2) is 5.05. The summed E-state index contributed by atoms with van der Waals surface area (Å²) in [5.74, 6) is 3.11. The summed E-state index contributed by atoms with van der Waals surface area (Å²) in [6.45, 7) is 2.85. The molecular weight excluding hydrogens is 246 g/mol. The predicted molar refractivity (Wildman–Crippen MR) is 74.0 cm³/mol. The van der Waals surface area contributed by atoms with Gasteiger partial charge < -0.3 is 10.1 Å². The molecule has 3 rings (SSSR count). The zero-order valence-corrected chi connectivity index (χ0v) is 11.5. The van der Waals surface area contributed by atoms with Gasteiger partial charge in [0.15, 0.2) is 0 Å². The SMILES string of the molecule is Cc1cnc(NC2CCOC3(CCSC3)C2)nc1. The Morgan fingerprint density at radius 2 is 2.28 bits per heavy atom. The van der Waals surface area contributed by atoms with Crippen molar-refractivity contribution in [3.05, 3.63) is 18.0 Å². The lowest BCUT2D eigenvalue weighted by atomic mass is 9.90. The third-order valence-electron chi connectivity index (χ3n) is 3.67. The molecule has 2 unspecified atom stereocenters. The molecule has 98 valence electrons. The lowest BCUT2D eigenvalue weighted by Gasteiger charge is -2.38. The Hall–Kier alpha value is -0.810. The second-order valence-corrected chi connectivity index (χ2v) is 6.36. The zero-order valence-electron chi connectivity index (χ0n) is 10.7. The van der Waals surface area contributed by atoms with Crippen molar-refractivity contribution in [3.63, 3.8) is 0 Å². The molecule has 0 bridgehead atoms. The summed E-state index contributed by atoms with van der Waals surface area (Å²) in [6, 6.07) is 0.445. The number of aromatic nitrogens is 2. The molecule has 2 atom stereocenters. The summed E-state index contributed by atoms with van der Waals surface area (Å²) in [5.41, 5.74) is 1.21. The van der Waals surface area contributed by atoms with Crippen LogP contribution in [0.3, 0.4) is 0 Å². The van der Waals surface area contributed by atoms with E-state index in [1.165, 1.54) is 12.2 Å². The van der Waals surface area contributed by atoms with Crippen molar-refractivity contribution in [3.8, 4) is 0 Å². The molecule has 0 saturated carbocycles. The highest BCUT2D eigenvalue weighted by molar-refractivity contribution is 7.99. The average molecular weight is 265 g/mol. The van der Waals surface area contributed by atoms with Crippen LogP contribution in [-0.2, 0) is 4.74 Å². The molecule has 4 nitrogen and oxygen atoms in total. The van der Waals surface area contributed by atoms with E-state index in [0.717, 1.165) is 36.7 Å². The van der Waals surface area contributed by atoms with Crippen LogP contribution in [0.4, 0.5) is 5.95 Å².